The molecule has 5 rings (SSSR count). The molecule has 0 radical (unpaired) electrons. The number of nitrogens with one attached hydrogen (secondary N) is 1. The van der Waals surface area contributed by atoms with Gasteiger partial charge in [0, 0.05) is 18.7 Å². The number of amidine groups is 1. The van der Waals surface area contributed by atoms with Crippen LogP contribution in [0.5, 0.6) is 0 Å². The molecule has 4 heterocycles. The third-order valence-electron chi connectivity index (χ3n) is 6.64. The van der Waals surface area contributed by atoms with E-state index in [-0.39, 0.29) is 5.78 Å². The van der Waals surface area contributed by atoms with Crippen LogP contribution in [-0.4, -0.2) is 83.4 Å². The topological polar surface area (TPSA) is 60.3 Å². The van der Waals surface area contributed by atoms with Crippen molar-refractivity contribution in [2.45, 2.75) is 25.8 Å². The number of rotatable bonds is 5. The number of carbonyl (C=O) groups excluding carboxylic acids is 1. The number of piperidine rings is 1. The molecule has 1 saturated heterocycles. The maximum atomic E-state index is 13.0. The zero-order chi connectivity index (χ0) is 21.3. The largest absolute Gasteiger partial charge is 0.357 e. The number of carbonyl (C=O) groups is 1. The molecule has 0 aromatic heterocycles. The van der Waals surface area contributed by atoms with E-state index in [0.717, 1.165) is 49.4 Å². The van der Waals surface area contributed by atoms with Gasteiger partial charge in [-0.2, -0.15) is 9.58 Å². The quantitative estimate of drug-likeness (QED) is 0.713. The minimum Gasteiger partial charge on any atom is -0.298 e. The molecule has 0 amide bonds. The van der Waals surface area contributed by atoms with E-state index in [1.165, 1.54) is 37.9 Å². The molecule has 1 aromatic carbocycles. The lowest BCUT2D eigenvalue weighted by Gasteiger charge is -2.39. The van der Waals surface area contributed by atoms with Crippen LogP contribution in [0.1, 0.15) is 24.8 Å². The van der Waals surface area contributed by atoms with Crippen LogP contribution < -0.4 is 5.43 Å². The summed E-state index contributed by atoms with van der Waals surface area (Å²) in [4.78, 5) is 27.4. The molecule has 0 spiro atoms. The summed E-state index contributed by atoms with van der Waals surface area (Å²) >= 11 is 1.61. The zero-order valence-corrected chi connectivity index (χ0v) is 19.0. The highest BCUT2D eigenvalue weighted by Gasteiger charge is 2.48. The molecule has 164 valence electrons. The van der Waals surface area contributed by atoms with E-state index in [4.69, 9.17) is 9.98 Å². The van der Waals surface area contributed by atoms with E-state index in [1.807, 2.05) is 12.3 Å². The molecular weight excluding hydrogens is 408 g/mol. The van der Waals surface area contributed by atoms with Crippen molar-refractivity contribution in [3.05, 3.63) is 47.2 Å². The van der Waals surface area contributed by atoms with E-state index in [0.29, 0.717) is 16.8 Å². The van der Waals surface area contributed by atoms with Crippen LogP contribution in [-0.2, 0) is 11.3 Å². The molecule has 31 heavy (non-hydrogen) atoms. The Labute approximate surface area is 188 Å². The summed E-state index contributed by atoms with van der Waals surface area (Å²) in [7, 11) is 0. The normalized spacial score (nSPS) is 26.8. The number of quaternary nitrogens is 1. The number of thioether (sulfide) groups is 1. The van der Waals surface area contributed by atoms with Gasteiger partial charge >= 0.3 is 5.96 Å². The van der Waals surface area contributed by atoms with Crippen molar-refractivity contribution in [2.24, 2.45) is 9.98 Å². The summed E-state index contributed by atoms with van der Waals surface area (Å²) in [6, 6.07) is 10.4. The van der Waals surface area contributed by atoms with Crippen molar-refractivity contribution in [3.8, 4) is 0 Å². The Bertz CT molecular complexity index is 937. The van der Waals surface area contributed by atoms with E-state index >= 15 is 0 Å². The Morgan fingerprint density at radius 2 is 1.87 bits per heavy atom. The number of hydrogen-bond donors (Lipinski definition) is 1. The van der Waals surface area contributed by atoms with E-state index in [1.54, 1.807) is 11.8 Å². The monoisotopic (exact) mass is 439 g/mol. The van der Waals surface area contributed by atoms with Gasteiger partial charge in [-0.3, -0.25) is 14.6 Å². The molecule has 4 aliphatic heterocycles. The van der Waals surface area contributed by atoms with Crippen LogP contribution in [0, 0.1) is 0 Å². The van der Waals surface area contributed by atoms with Gasteiger partial charge < -0.3 is 0 Å². The van der Waals surface area contributed by atoms with E-state index in [9.17, 15) is 4.79 Å². The van der Waals surface area contributed by atoms with Crippen LogP contribution in [0.3, 0.4) is 0 Å². The lowest BCUT2D eigenvalue weighted by molar-refractivity contribution is -0.869. The lowest BCUT2D eigenvalue weighted by atomic mass is 10.0. The fourth-order valence-corrected chi connectivity index (χ4v) is 5.46. The standard InChI is InChI=1S/C23H31N6OS/c1-31-23-25-22-24-21-19(15-28(16-20(21)30)14-18-8-4-2-5-9-18)17-29(22,26-23)13-12-27-10-6-3-7-11-27/h2,4-5,8-9H,3,6-7,10-17H2,1H3,(H,24,25,26)/q+1. The first-order chi connectivity index (χ1) is 15.1. The summed E-state index contributed by atoms with van der Waals surface area (Å²) < 4.78 is 0.540. The first-order valence-corrected chi connectivity index (χ1v) is 12.5. The second kappa shape index (κ2) is 8.86. The third-order valence-corrected chi connectivity index (χ3v) is 7.21. The fraction of sp³-hybridized carbons (Fsp3) is 0.522. The molecule has 1 N–H and O–H groups in total. The molecule has 1 unspecified atom stereocenters. The summed E-state index contributed by atoms with van der Waals surface area (Å²) in [6.07, 6.45) is 5.96. The van der Waals surface area contributed by atoms with Gasteiger partial charge in [0.05, 0.1) is 13.1 Å². The highest BCUT2D eigenvalue weighted by atomic mass is 32.2. The van der Waals surface area contributed by atoms with Gasteiger partial charge in [0.1, 0.15) is 18.8 Å². The Morgan fingerprint density at radius 1 is 1.06 bits per heavy atom. The number of ketones is 1. The Kier molecular flexibility index (Phi) is 5.97. The molecule has 1 aromatic rings. The predicted octanol–water partition coefficient (Wildman–Crippen LogP) is 2.23. The highest BCUT2D eigenvalue weighted by molar-refractivity contribution is 8.13. The smallest absolute Gasteiger partial charge is 0.298 e. The van der Waals surface area contributed by atoms with E-state index < -0.39 is 0 Å². The molecule has 8 heteroatoms. The van der Waals surface area contributed by atoms with Crippen molar-refractivity contribution in [2.75, 3.05) is 52.1 Å². The number of fused-ring (bicyclic) bond motifs is 1. The second-order valence-corrected chi connectivity index (χ2v) is 9.70. The van der Waals surface area contributed by atoms with Crippen molar-refractivity contribution in [1.29, 1.82) is 0 Å². The fourth-order valence-electron chi connectivity index (χ4n) is 5.02. The maximum Gasteiger partial charge on any atom is 0.357 e. The molecule has 1 atom stereocenters. The number of benzene rings is 1. The summed E-state index contributed by atoms with van der Waals surface area (Å²) in [5, 5.41) is 0.894. The molecule has 1 fully saturated rings. The van der Waals surface area contributed by atoms with Gasteiger partial charge in [-0.05, 0) is 37.8 Å². The van der Waals surface area contributed by atoms with Gasteiger partial charge in [-0.1, -0.05) is 48.5 Å². The Morgan fingerprint density at radius 3 is 2.65 bits per heavy atom. The van der Waals surface area contributed by atoms with Gasteiger partial charge in [0.25, 0.3) is 0 Å². The first-order valence-electron chi connectivity index (χ1n) is 11.3. The minimum atomic E-state index is 0.117. The molecule has 0 saturated carbocycles. The second-order valence-electron chi connectivity index (χ2n) is 8.90. The number of nitrogens with zero attached hydrogens (tertiary/aromatic N) is 5. The highest BCUT2D eigenvalue weighted by Crippen LogP contribution is 2.30. The Balaban J connectivity index is 1.36. The SMILES string of the molecule is CSC1=NC2=NC3=C(CN(Cc4ccccc4)CC3=O)C[N+]2(CCN2CCCCC2)N1. The van der Waals surface area contributed by atoms with Crippen LogP contribution in [0.15, 0.2) is 51.6 Å². The zero-order valence-electron chi connectivity index (χ0n) is 18.2. The van der Waals surface area contributed by atoms with Crippen molar-refractivity contribution >= 4 is 28.7 Å². The number of Topliss-reactive ketones (excluding diaryl/α,β-unsaturated/α-hetero) is 1. The van der Waals surface area contributed by atoms with Crippen LogP contribution in [0.2, 0.25) is 0 Å². The van der Waals surface area contributed by atoms with Crippen molar-refractivity contribution in [3.63, 3.8) is 0 Å². The predicted molar refractivity (Wildman–Crippen MR) is 126 cm³/mol. The van der Waals surface area contributed by atoms with E-state index in [2.05, 4.69) is 39.5 Å². The lowest BCUT2D eigenvalue weighted by Crippen LogP contribution is -2.64. The minimum absolute atomic E-state index is 0.117. The number of hydrogen-bond acceptors (Lipinski definition) is 7. The Hall–Kier alpha value is -2.00. The summed E-state index contributed by atoms with van der Waals surface area (Å²) in [5.74, 6) is 0.872. The maximum absolute atomic E-state index is 13.0. The van der Waals surface area contributed by atoms with Crippen LogP contribution in [0.25, 0.3) is 0 Å². The van der Waals surface area contributed by atoms with Crippen molar-refractivity contribution in [1.82, 2.24) is 15.2 Å². The van der Waals surface area contributed by atoms with Gasteiger partial charge in [-0.25, -0.2) is 5.43 Å². The van der Waals surface area contributed by atoms with Gasteiger partial charge in [-0.15, -0.1) is 4.99 Å². The first kappa shape index (κ1) is 20.9. The number of guanidine groups is 1. The van der Waals surface area contributed by atoms with Crippen LogP contribution in [0.4, 0.5) is 0 Å². The summed E-state index contributed by atoms with van der Waals surface area (Å²) in [6.45, 7) is 7.04. The molecule has 0 bridgehead atoms. The van der Waals surface area contributed by atoms with Crippen LogP contribution >= 0.6 is 11.8 Å². The average Bonchev–Trinajstić information content (AvgIpc) is 3.16. The summed E-state index contributed by atoms with van der Waals surface area (Å²) in [5.41, 5.74) is 6.66. The van der Waals surface area contributed by atoms with Gasteiger partial charge in [0.2, 0.25) is 5.17 Å². The third kappa shape index (κ3) is 4.35. The molecular formula is C23H31N6OS+. The molecule has 0 aliphatic carbocycles. The van der Waals surface area contributed by atoms with Gasteiger partial charge in [0.15, 0.2) is 5.78 Å². The average molecular weight is 440 g/mol. The van der Waals surface area contributed by atoms with Crippen molar-refractivity contribution < 1.29 is 9.39 Å². The molecule has 4 aliphatic rings. The number of likely N-dealkylation sites (tertiary alicyclic amines) is 1. The number of aliphatic imine (C=N–C) groups is 2. The molecule has 7 nitrogen and oxygen atoms in total.